The third-order valence-corrected chi connectivity index (χ3v) is 3.87. The van der Waals surface area contributed by atoms with Crippen LogP contribution in [0.15, 0.2) is 47.6 Å². The molecule has 25 heavy (non-hydrogen) atoms. The molecule has 0 amide bonds. The van der Waals surface area contributed by atoms with Crippen molar-refractivity contribution in [3.63, 3.8) is 0 Å². The van der Waals surface area contributed by atoms with Crippen molar-refractivity contribution in [3.05, 3.63) is 53.6 Å². The zero-order valence-corrected chi connectivity index (χ0v) is 14.3. The Balaban J connectivity index is 1.86. The van der Waals surface area contributed by atoms with E-state index in [9.17, 15) is 4.79 Å². The summed E-state index contributed by atoms with van der Waals surface area (Å²) < 4.78 is 16.2. The highest BCUT2D eigenvalue weighted by Gasteiger charge is 2.24. The van der Waals surface area contributed by atoms with Crippen molar-refractivity contribution in [1.29, 1.82) is 0 Å². The molecule has 3 rings (SSSR count). The van der Waals surface area contributed by atoms with Crippen molar-refractivity contribution in [2.45, 2.75) is 19.4 Å². The summed E-state index contributed by atoms with van der Waals surface area (Å²) in [6.07, 6.45) is 0.460. The lowest BCUT2D eigenvalue weighted by atomic mass is 10.0. The van der Waals surface area contributed by atoms with Crippen molar-refractivity contribution < 1.29 is 23.8 Å². The molecule has 0 saturated heterocycles. The first-order valence-electron chi connectivity index (χ1n) is 7.88. The van der Waals surface area contributed by atoms with E-state index in [4.69, 9.17) is 19.0 Å². The summed E-state index contributed by atoms with van der Waals surface area (Å²) in [7, 11) is 3.10. The highest BCUT2D eigenvalue weighted by Crippen LogP contribution is 2.32. The fourth-order valence-electron chi connectivity index (χ4n) is 2.65. The standard InChI is InChI=1S/C19H19NO5/c1-12-10-16(14-9-8-13(22-2)11-18(14)24-12)20-25-19(21)15-6-4-5-7-17(15)23-3/h4-9,11-12H,10H2,1-3H3/b20-16-. The van der Waals surface area contributed by atoms with Crippen LogP contribution >= 0.6 is 0 Å². The molecule has 1 atom stereocenters. The molecule has 1 unspecified atom stereocenters. The van der Waals surface area contributed by atoms with E-state index in [1.165, 1.54) is 7.11 Å². The maximum absolute atomic E-state index is 12.3. The molecule has 6 nitrogen and oxygen atoms in total. The van der Waals surface area contributed by atoms with Crippen molar-refractivity contribution in [1.82, 2.24) is 0 Å². The van der Waals surface area contributed by atoms with Crippen LogP contribution in [0.1, 0.15) is 29.3 Å². The summed E-state index contributed by atoms with van der Waals surface area (Å²) in [4.78, 5) is 17.5. The van der Waals surface area contributed by atoms with Crippen LogP contribution in [-0.4, -0.2) is 32.0 Å². The molecule has 0 aromatic heterocycles. The summed E-state index contributed by atoms with van der Waals surface area (Å²) in [5.41, 5.74) is 1.76. The maximum Gasteiger partial charge on any atom is 0.369 e. The normalized spacial score (nSPS) is 17.4. The molecule has 6 heteroatoms. The molecule has 1 aliphatic heterocycles. The van der Waals surface area contributed by atoms with E-state index in [2.05, 4.69) is 5.16 Å². The summed E-state index contributed by atoms with van der Waals surface area (Å²) >= 11 is 0. The SMILES string of the molecule is COc1ccc2c(c1)OC(C)C/C2=N/OC(=O)c1ccccc1OC. The minimum absolute atomic E-state index is 0.0803. The number of benzene rings is 2. The van der Waals surface area contributed by atoms with Crippen LogP contribution in [0.2, 0.25) is 0 Å². The van der Waals surface area contributed by atoms with Gasteiger partial charge in [0.25, 0.3) is 0 Å². The van der Waals surface area contributed by atoms with Crippen molar-refractivity contribution in [2.24, 2.45) is 5.16 Å². The van der Waals surface area contributed by atoms with Crippen LogP contribution in [0.3, 0.4) is 0 Å². The van der Waals surface area contributed by atoms with E-state index in [1.54, 1.807) is 37.4 Å². The molecular formula is C19H19NO5. The number of nitrogens with zero attached hydrogens (tertiary/aromatic N) is 1. The van der Waals surface area contributed by atoms with Gasteiger partial charge in [-0.05, 0) is 31.2 Å². The third-order valence-electron chi connectivity index (χ3n) is 3.87. The maximum atomic E-state index is 12.3. The zero-order chi connectivity index (χ0) is 17.8. The van der Waals surface area contributed by atoms with Crippen molar-refractivity contribution >= 4 is 11.7 Å². The second-order valence-electron chi connectivity index (χ2n) is 5.61. The lowest BCUT2D eigenvalue weighted by Gasteiger charge is -2.24. The van der Waals surface area contributed by atoms with Crippen molar-refractivity contribution in [3.8, 4) is 17.2 Å². The Morgan fingerprint density at radius 2 is 1.96 bits per heavy atom. The molecule has 0 radical (unpaired) electrons. The lowest BCUT2D eigenvalue weighted by molar-refractivity contribution is 0.0509. The van der Waals surface area contributed by atoms with Gasteiger partial charge in [-0.2, -0.15) is 0 Å². The fraction of sp³-hybridized carbons (Fsp3) is 0.263. The van der Waals surface area contributed by atoms with Gasteiger partial charge in [-0.3, -0.25) is 0 Å². The number of para-hydroxylation sites is 1. The van der Waals surface area contributed by atoms with E-state index in [0.29, 0.717) is 34.9 Å². The Morgan fingerprint density at radius 1 is 1.16 bits per heavy atom. The highest BCUT2D eigenvalue weighted by molar-refractivity contribution is 6.04. The van der Waals surface area contributed by atoms with E-state index in [1.807, 2.05) is 19.1 Å². The van der Waals surface area contributed by atoms with Crippen LogP contribution < -0.4 is 14.2 Å². The van der Waals surface area contributed by atoms with Gasteiger partial charge in [-0.1, -0.05) is 17.3 Å². The van der Waals surface area contributed by atoms with Gasteiger partial charge in [0, 0.05) is 18.1 Å². The average molecular weight is 341 g/mol. The Kier molecular flexibility index (Phi) is 4.88. The second-order valence-corrected chi connectivity index (χ2v) is 5.61. The van der Waals surface area contributed by atoms with Gasteiger partial charge in [0.1, 0.15) is 28.9 Å². The Labute approximate surface area is 146 Å². The summed E-state index contributed by atoms with van der Waals surface area (Å²) in [5.74, 6) is 1.22. The molecule has 1 heterocycles. The molecular weight excluding hydrogens is 322 g/mol. The smallest absolute Gasteiger partial charge is 0.369 e. The van der Waals surface area contributed by atoms with Crippen LogP contribution in [0, 0.1) is 0 Å². The number of carbonyl (C=O) groups is 1. The molecule has 0 fully saturated rings. The van der Waals surface area contributed by atoms with Crippen LogP contribution in [0.25, 0.3) is 0 Å². The van der Waals surface area contributed by atoms with E-state index in [-0.39, 0.29) is 6.10 Å². The third kappa shape index (κ3) is 3.57. The van der Waals surface area contributed by atoms with Gasteiger partial charge in [0.05, 0.1) is 19.9 Å². The largest absolute Gasteiger partial charge is 0.497 e. The number of methoxy groups -OCH3 is 2. The van der Waals surface area contributed by atoms with Gasteiger partial charge >= 0.3 is 5.97 Å². The van der Waals surface area contributed by atoms with Crippen LogP contribution in [0.4, 0.5) is 0 Å². The number of fused-ring (bicyclic) bond motifs is 1. The number of hydrogen-bond donors (Lipinski definition) is 0. The van der Waals surface area contributed by atoms with Crippen LogP contribution in [0.5, 0.6) is 17.2 Å². The number of oxime groups is 1. The fourth-order valence-corrected chi connectivity index (χ4v) is 2.65. The van der Waals surface area contributed by atoms with Gasteiger partial charge in [0.2, 0.25) is 0 Å². The summed E-state index contributed by atoms with van der Waals surface area (Å²) in [6.45, 7) is 1.93. The highest BCUT2D eigenvalue weighted by atomic mass is 16.7. The zero-order valence-electron chi connectivity index (χ0n) is 14.3. The molecule has 0 saturated carbocycles. The average Bonchev–Trinajstić information content (AvgIpc) is 2.65. The number of rotatable bonds is 4. The first-order valence-corrected chi connectivity index (χ1v) is 7.88. The van der Waals surface area contributed by atoms with Crippen LogP contribution in [-0.2, 0) is 4.84 Å². The minimum atomic E-state index is -0.570. The second kappa shape index (κ2) is 7.25. The number of carbonyl (C=O) groups excluding carboxylic acids is 1. The predicted molar refractivity (Wildman–Crippen MR) is 92.6 cm³/mol. The first-order chi connectivity index (χ1) is 12.1. The minimum Gasteiger partial charge on any atom is -0.497 e. The molecule has 2 aromatic carbocycles. The summed E-state index contributed by atoms with van der Waals surface area (Å²) in [5, 5.41) is 4.07. The molecule has 0 spiro atoms. The molecule has 0 N–H and O–H groups in total. The van der Waals surface area contributed by atoms with E-state index in [0.717, 1.165) is 5.56 Å². The molecule has 2 aromatic rings. The van der Waals surface area contributed by atoms with Gasteiger partial charge in [0.15, 0.2) is 0 Å². The molecule has 0 bridgehead atoms. The summed E-state index contributed by atoms with van der Waals surface area (Å²) in [6, 6.07) is 12.3. The Hall–Kier alpha value is -3.02. The molecule has 0 aliphatic carbocycles. The van der Waals surface area contributed by atoms with Crippen molar-refractivity contribution in [2.75, 3.05) is 14.2 Å². The van der Waals surface area contributed by atoms with Gasteiger partial charge in [-0.25, -0.2) is 4.79 Å². The van der Waals surface area contributed by atoms with E-state index >= 15 is 0 Å². The first kappa shape index (κ1) is 16.8. The lowest BCUT2D eigenvalue weighted by Crippen LogP contribution is -2.25. The Bertz CT molecular complexity index is 815. The Morgan fingerprint density at radius 3 is 2.72 bits per heavy atom. The predicted octanol–water partition coefficient (Wildman–Crippen LogP) is 3.44. The van der Waals surface area contributed by atoms with Gasteiger partial charge in [-0.15, -0.1) is 0 Å². The molecule has 130 valence electrons. The topological polar surface area (TPSA) is 66.3 Å². The monoisotopic (exact) mass is 341 g/mol. The van der Waals surface area contributed by atoms with E-state index < -0.39 is 5.97 Å². The number of ether oxygens (including phenoxy) is 3. The molecule has 1 aliphatic rings. The number of hydrogen-bond acceptors (Lipinski definition) is 6. The van der Waals surface area contributed by atoms with Gasteiger partial charge < -0.3 is 19.0 Å². The quantitative estimate of drug-likeness (QED) is 0.629.